The van der Waals surface area contributed by atoms with Crippen molar-refractivity contribution < 1.29 is 18.1 Å². The number of thiol groups is 1. The molecule has 0 fully saturated rings. The minimum atomic E-state index is -2.73. The largest absolute Gasteiger partial charge is 0.506 e. The fraction of sp³-hybridized carbons (Fsp3) is 0.923. The molecular weight excluding hydrogens is 280 g/mol. The Morgan fingerprint density at radius 1 is 1.05 bits per heavy atom. The number of carbonyl (C=O) groups excluding carboxylic acids is 1. The van der Waals surface area contributed by atoms with Crippen molar-refractivity contribution in [1.29, 1.82) is 0 Å². The van der Waals surface area contributed by atoms with E-state index >= 15 is 0 Å². The Labute approximate surface area is 124 Å². The van der Waals surface area contributed by atoms with Crippen LogP contribution in [0.4, 0.5) is 0 Å². The molecule has 0 N–H and O–H groups in total. The topological polar surface area (TPSA) is 44.8 Å². The van der Waals surface area contributed by atoms with Crippen LogP contribution in [0.5, 0.6) is 0 Å². The van der Waals surface area contributed by atoms with Crippen molar-refractivity contribution >= 4 is 26.5 Å². The lowest BCUT2D eigenvalue weighted by atomic mass is 10.1. The third-order valence-corrected chi connectivity index (χ3v) is 7.16. The van der Waals surface area contributed by atoms with Crippen molar-refractivity contribution in [2.24, 2.45) is 0 Å². The molecular formula is C13H28O4SSi. The molecule has 0 atom stereocenters. The highest BCUT2D eigenvalue weighted by Gasteiger charge is 2.54. The summed E-state index contributed by atoms with van der Waals surface area (Å²) in [4.78, 5) is 10.9. The lowest BCUT2D eigenvalue weighted by Crippen LogP contribution is -2.54. The standard InChI is InChI=1S/C13H28O4SSi/c1-6-15-19(16-7-2,17-8-3)13(4,5)11-9-10-12(14)18/h6-11H2,1-5H3,(H,14,18). The Morgan fingerprint density at radius 3 is 1.79 bits per heavy atom. The summed E-state index contributed by atoms with van der Waals surface area (Å²) < 4.78 is 17.8. The maximum absolute atomic E-state index is 10.9. The Balaban J connectivity index is 4.89. The van der Waals surface area contributed by atoms with E-state index in [1.165, 1.54) is 0 Å². The zero-order valence-electron chi connectivity index (χ0n) is 12.8. The number of hydrogen-bond donors (Lipinski definition) is 1. The summed E-state index contributed by atoms with van der Waals surface area (Å²) in [6, 6.07) is 0. The average molecular weight is 309 g/mol. The molecule has 0 aromatic heterocycles. The van der Waals surface area contributed by atoms with Gasteiger partial charge < -0.3 is 13.3 Å². The van der Waals surface area contributed by atoms with Gasteiger partial charge in [0, 0.05) is 31.3 Å². The lowest BCUT2D eigenvalue weighted by Gasteiger charge is -2.40. The fourth-order valence-electron chi connectivity index (χ4n) is 2.12. The van der Waals surface area contributed by atoms with Gasteiger partial charge in [-0.3, -0.25) is 4.79 Å². The van der Waals surface area contributed by atoms with E-state index in [9.17, 15) is 4.79 Å². The first-order valence-electron chi connectivity index (χ1n) is 6.98. The summed E-state index contributed by atoms with van der Waals surface area (Å²) in [5, 5.41) is -0.287. The minimum Gasteiger partial charge on any atom is -0.373 e. The number of rotatable bonds is 11. The first-order chi connectivity index (χ1) is 8.85. The van der Waals surface area contributed by atoms with Gasteiger partial charge in [0.15, 0.2) is 5.12 Å². The summed E-state index contributed by atoms with van der Waals surface area (Å²) in [6.45, 7) is 11.8. The second-order valence-electron chi connectivity index (χ2n) is 4.99. The van der Waals surface area contributed by atoms with Crippen LogP contribution in [0.25, 0.3) is 0 Å². The van der Waals surface area contributed by atoms with E-state index in [-0.39, 0.29) is 10.2 Å². The third-order valence-electron chi connectivity index (χ3n) is 3.02. The summed E-state index contributed by atoms with van der Waals surface area (Å²) in [6.07, 6.45) is 2.07. The molecule has 0 bridgehead atoms. The zero-order valence-corrected chi connectivity index (χ0v) is 14.7. The molecule has 0 aliphatic carbocycles. The normalized spacial score (nSPS) is 12.7. The van der Waals surface area contributed by atoms with E-state index in [0.29, 0.717) is 26.2 Å². The number of hydrogen-bond acceptors (Lipinski definition) is 4. The van der Waals surface area contributed by atoms with Gasteiger partial charge in [0.1, 0.15) is 0 Å². The highest BCUT2D eigenvalue weighted by atomic mass is 32.1. The fourth-order valence-corrected chi connectivity index (χ4v) is 5.32. The molecule has 0 saturated carbocycles. The quantitative estimate of drug-likeness (QED) is 0.469. The van der Waals surface area contributed by atoms with Crippen LogP contribution in [0.3, 0.4) is 0 Å². The van der Waals surface area contributed by atoms with E-state index in [0.717, 1.165) is 12.8 Å². The molecule has 0 rings (SSSR count). The Kier molecular flexibility index (Phi) is 9.18. The lowest BCUT2D eigenvalue weighted by molar-refractivity contribution is -0.110. The van der Waals surface area contributed by atoms with Crippen LogP contribution < -0.4 is 0 Å². The molecule has 0 aliphatic heterocycles. The smallest absolute Gasteiger partial charge is 0.373 e. The molecule has 0 aliphatic rings. The van der Waals surface area contributed by atoms with Gasteiger partial charge >= 0.3 is 8.80 Å². The molecule has 0 aromatic carbocycles. The second kappa shape index (κ2) is 9.13. The van der Waals surface area contributed by atoms with Crippen LogP contribution in [0.1, 0.15) is 53.9 Å². The van der Waals surface area contributed by atoms with E-state index in [1.807, 2.05) is 20.8 Å². The van der Waals surface area contributed by atoms with Gasteiger partial charge in [0.25, 0.3) is 0 Å². The van der Waals surface area contributed by atoms with Crippen molar-refractivity contribution in [3.8, 4) is 0 Å². The molecule has 4 nitrogen and oxygen atoms in total. The second-order valence-corrected chi connectivity index (χ2v) is 8.82. The van der Waals surface area contributed by atoms with Crippen molar-refractivity contribution in [3.05, 3.63) is 0 Å². The molecule has 6 heteroatoms. The Hall–Kier alpha value is 0.117. The van der Waals surface area contributed by atoms with Crippen LogP contribution in [0.15, 0.2) is 0 Å². The Bertz CT molecular complexity index is 254. The van der Waals surface area contributed by atoms with E-state index in [2.05, 4.69) is 26.5 Å². The van der Waals surface area contributed by atoms with Gasteiger partial charge in [-0.25, -0.2) is 0 Å². The molecule has 0 saturated heterocycles. The minimum absolute atomic E-state index is 0.0766. The summed E-state index contributed by atoms with van der Waals surface area (Å²) in [5.41, 5.74) is 0. The molecule has 0 spiro atoms. The Morgan fingerprint density at radius 2 is 1.47 bits per heavy atom. The predicted octanol–water partition coefficient (Wildman–Crippen LogP) is 3.44. The van der Waals surface area contributed by atoms with Crippen LogP contribution in [-0.4, -0.2) is 33.7 Å². The molecule has 0 aromatic rings. The average Bonchev–Trinajstić information content (AvgIpc) is 2.28. The highest BCUT2D eigenvalue weighted by Crippen LogP contribution is 2.43. The van der Waals surface area contributed by atoms with E-state index in [4.69, 9.17) is 13.3 Å². The summed E-state index contributed by atoms with van der Waals surface area (Å²) in [7, 11) is -2.73. The van der Waals surface area contributed by atoms with Gasteiger partial charge in [0.05, 0.1) is 0 Å². The first-order valence-corrected chi connectivity index (χ1v) is 9.16. The molecule has 0 heterocycles. The van der Waals surface area contributed by atoms with Crippen LogP contribution >= 0.6 is 12.6 Å². The number of carbonyl (C=O) groups is 1. The SMILES string of the molecule is CCO[Si](OCC)(OCC)C(C)(C)CCCC(=O)S. The summed E-state index contributed by atoms with van der Waals surface area (Å²) in [5.74, 6) is 0. The van der Waals surface area contributed by atoms with Gasteiger partial charge in [-0.15, -0.1) is 12.6 Å². The van der Waals surface area contributed by atoms with Crippen molar-refractivity contribution in [2.45, 2.75) is 58.9 Å². The van der Waals surface area contributed by atoms with Crippen molar-refractivity contribution in [2.75, 3.05) is 19.8 Å². The first kappa shape index (κ1) is 19.1. The third kappa shape index (κ3) is 5.95. The predicted molar refractivity (Wildman–Crippen MR) is 82.5 cm³/mol. The molecule has 0 unspecified atom stereocenters. The van der Waals surface area contributed by atoms with Crippen LogP contribution in [0.2, 0.25) is 5.04 Å². The van der Waals surface area contributed by atoms with Gasteiger partial charge in [-0.05, 0) is 33.6 Å². The molecule has 0 radical (unpaired) electrons. The van der Waals surface area contributed by atoms with E-state index in [1.54, 1.807) is 0 Å². The van der Waals surface area contributed by atoms with Gasteiger partial charge in [-0.2, -0.15) is 0 Å². The van der Waals surface area contributed by atoms with Crippen LogP contribution in [0, 0.1) is 0 Å². The molecule has 19 heavy (non-hydrogen) atoms. The maximum Gasteiger partial charge on any atom is 0.506 e. The van der Waals surface area contributed by atoms with Crippen LogP contribution in [-0.2, 0) is 18.1 Å². The zero-order chi connectivity index (χ0) is 14.9. The summed E-state index contributed by atoms with van der Waals surface area (Å²) >= 11 is 3.80. The highest BCUT2D eigenvalue weighted by molar-refractivity contribution is 7.96. The maximum atomic E-state index is 10.9. The van der Waals surface area contributed by atoms with Crippen molar-refractivity contribution in [3.63, 3.8) is 0 Å². The van der Waals surface area contributed by atoms with Gasteiger partial charge in [0.2, 0.25) is 0 Å². The van der Waals surface area contributed by atoms with Crippen molar-refractivity contribution in [1.82, 2.24) is 0 Å². The van der Waals surface area contributed by atoms with Gasteiger partial charge in [-0.1, -0.05) is 13.8 Å². The molecule has 0 amide bonds. The monoisotopic (exact) mass is 308 g/mol. The van der Waals surface area contributed by atoms with E-state index < -0.39 is 8.80 Å². The molecule has 114 valence electrons.